The molecule has 13 nitrogen and oxygen atoms in total. The van der Waals surface area contributed by atoms with Crippen molar-refractivity contribution in [2.75, 3.05) is 14.2 Å². The number of hydrogen-bond acceptors (Lipinski definition) is 11. The summed E-state index contributed by atoms with van der Waals surface area (Å²) in [5, 5.41) is 22.0. The van der Waals surface area contributed by atoms with Crippen LogP contribution in [0.1, 0.15) is 32.1 Å². The van der Waals surface area contributed by atoms with Gasteiger partial charge in [0.05, 0.1) is 24.1 Å². The van der Waals surface area contributed by atoms with Gasteiger partial charge in [0.15, 0.2) is 0 Å². The van der Waals surface area contributed by atoms with Crippen LogP contribution in [0.5, 0.6) is 11.5 Å². The van der Waals surface area contributed by atoms with Crippen LogP contribution in [0.2, 0.25) is 0 Å². The van der Waals surface area contributed by atoms with Gasteiger partial charge < -0.3 is 18.9 Å². The van der Waals surface area contributed by atoms with Crippen molar-refractivity contribution in [1.82, 2.24) is 4.98 Å². The van der Waals surface area contributed by atoms with Gasteiger partial charge in [-0.05, 0) is 24.3 Å². The Morgan fingerprint density at radius 1 is 0.750 bits per heavy atom. The molecule has 3 aromatic rings. The fourth-order valence-corrected chi connectivity index (χ4v) is 3.08. The Kier molecular flexibility index (Phi) is 8.07. The summed E-state index contributed by atoms with van der Waals surface area (Å²) in [4.78, 5) is 49.7. The third-order valence-electron chi connectivity index (χ3n) is 4.83. The molecule has 0 atom stereocenters. The summed E-state index contributed by atoms with van der Waals surface area (Å²) in [5.74, 6) is -1.21. The Morgan fingerprint density at radius 3 is 1.53 bits per heavy atom. The van der Waals surface area contributed by atoms with E-state index in [0.717, 1.165) is 0 Å². The fraction of sp³-hybridized carbons (Fsp3) is 0.174. The van der Waals surface area contributed by atoms with Crippen molar-refractivity contribution in [3.8, 4) is 11.5 Å². The number of methoxy groups -OCH3 is 2. The summed E-state index contributed by atoms with van der Waals surface area (Å²) in [6.45, 7) is -0.681. The van der Waals surface area contributed by atoms with Crippen LogP contribution in [-0.4, -0.2) is 41.0 Å². The molecule has 36 heavy (non-hydrogen) atoms. The third kappa shape index (κ3) is 6.08. The molecule has 0 aliphatic heterocycles. The second-order valence-electron chi connectivity index (χ2n) is 7.07. The van der Waals surface area contributed by atoms with Gasteiger partial charge in [0.1, 0.15) is 36.1 Å². The van der Waals surface area contributed by atoms with E-state index < -0.39 is 21.8 Å². The van der Waals surface area contributed by atoms with Crippen LogP contribution in [0.4, 0.5) is 11.4 Å². The first kappa shape index (κ1) is 25.6. The van der Waals surface area contributed by atoms with Gasteiger partial charge in [0.2, 0.25) is 0 Å². The predicted molar refractivity (Wildman–Crippen MR) is 122 cm³/mol. The number of nitro benzene ring substituents is 2. The quantitative estimate of drug-likeness (QED) is 0.227. The van der Waals surface area contributed by atoms with Gasteiger partial charge in [-0.2, -0.15) is 0 Å². The van der Waals surface area contributed by atoms with Gasteiger partial charge in [-0.1, -0.05) is 6.07 Å². The maximum absolute atomic E-state index is 12.5. The highest BCUT2D eigenvalue weighted by Crippen LogP contribution is 2.26. The number of non-ortho nitro benzene ring substituents is 2. The molecule has 0 bridgehead atoms. The van der Waals surface area contributed by atoms with Crippen LogP contribution in [0.25, 0.3) is 0 Å². The van der Waals surface area contributed by atoms with Gasteiger partial charge in [-0.3, -0.25) is 20.2 Å². The second kappa shape index (κ2) is 11.4. The van der Waals surface area contributed by atoms with Gasteiger partial charge in [0.25, 0.3) is 11.4 Å². The zero-order valence-corrected chi connectivity index (χ0v) is 19.0. The SMILES string of the molecule is COc1ccc([N+](=O)[O-])cc1COC(=O)c1cccc(C(=O)OCc2cc([N+](=O)[O-])ccc2OC)n1. The number of nitro groups is 2. The fourth-order valence-electron chi connectivity index (χ4n) is 3.08. The summed E-state index contributed by atoms with van der Waals surface area (Å²) in [5.41, 5.74) is -0.290. The number of hydrogen-bond donors (Lipinski definition) is 0. The average molecular weight is 497 g/mol. The van der Waals surface area contributed by atoms with Crippen molar-refractivity contribution in [3.05, 3.63) is 97.3 Å². The highest BCUT2D eigenvalue weighted by molar-refractivity contribution is 5.91. The zero-order valence-electron chi connectivity index (χ0n) is 19.0. The first-order valence-corrected chi connectivity index (χ1v) is 10.2. The second-order valence-corrected chi connectivity index (χ2v) is 7.07. The molecular weight excluding hydrogens is 478 g/mol. The van der Waals surface area contributed by atoms with Crippen molar-refractivity contribution in [2.24, 2.45) is 0 Å². The number of carbonyl (C=O) groups is 2. The van der Waals surface area contributed by atoms with Gasteiger partial charge in [-0.25, -0.2) is 14.6 Å². The molecule has 0 radical (unpaired) electrons. The minimum atomic E-state index is -0.890. The highest BCUT2D eigenvalue weighted by atomic mass is 16.6. The number of rotatable bonds is 10. The topological polar surface area (TPSA) is 170 Å². The van der Waals surface area contributed by atoms with E-state index in [9.17, 15) is 29.8 Å². The first-order valence-electron chi connectivity index (χ1n) is 10.2. The monoisotopic (exact) mass is 497 g/mol. The number of esters is 2. The Bertz CT molecular complexity index is 1230. The number of benzene rings is 2. The minimum Gasteiger partial charge on any atom is -0.496 e. The lowest BCUT2D eigenvalue weighted by atomic mass is 10.2. The molecule has 0 N–H and O–H groups in total. The van der Waals surface area contributed by atoms with Gasteiger partial charge >= 0.3 is 11.9 Å². The van der Waals surface area contributed by atoms with Crippen LogP contribution in [0.15, 0.2) is 54.6 Å². The molecule has 3 rings (SSSR count). The van der Waals surface area contributed by atoms with Gasteiger partial charge in [-0.15, -0.1) is 0 Å². The summed E-state index contributed by atoms with van der Waals surface area (Å²) in [6, 6.07) is 11.7. The lowest BCUT2D eigenvalue weighted by molar-refractivity contribution is -0.385. The van der Waals surface area contributed by atoms with Crippen LogP contribution in [0.3, 0.4) is 0 Å². The number of pyridine rings is 1. The van der Waals surface area contributed by atoms with Gasteiger partial charge in [0, 0.05) is 35.4 Å². The molecular formula is C23H19N3O10. The molecule has 0 saturated heterocycles. The third-order valence-corrected chi connectivity index (χ3v) is 4.83. The molecule has 186 valence electrons. The summed E-state index contributed by atoms with van der Waals surface area (Å²) in [6.07, 6.45) is 0. The van der Waals surface area contributed by atoms with E-state index in [1.165, 1.54) is 68.8 Å². The zero-order chi connectivity index (χ0) is 26.2. The van der Waals surface area contributed by atoms with Crippen molar-refractivity contribution in [3.63, 3.8) is 0 Å². The van der Waals surface area contributed by atoms with Crippen molar-refractivity contribution in [2.45, 2.75) is 13.2 Å². The molecule has 1 aromatic heterocycles. The van der Waals surface area contributed by atoms with Crippen molar-refractivity contribution < 1.29 is 38.4 Å². The summed E-state index contributed by atoms with van der Waals surface area (Å²) in [7, 11) is 2.73. The molecule has 0 saturated carbocycles. The molecule has 0 aliphatic carbocycles. The minimum absolute atomic E-state index is 0.204. The summed E-state index contributed by atoms with van der Waals surface area (Å²) >= 11 is 0. The van der Waals surface area contributed by atoms with Crippen molar-refractivity contribution >= 4 is 23.3 Å². The standard InChI is InChI=1S/C23H19N3O10/c1-33-20-8-6-16(25(29)30)10-14(20)12-35-22(27)18-4-3-5-19(24-18)23(28)36-13-15-11-17(26(31)32)7-9-21(15)34-2/h3-11H,12-13H2,1-2H3. The van der Waals surface area contributed by atoms with E-state index >= 15 is 0 Å². The van der Waals surface area contributed by atoms with Crippen LogP contribution in [0, 0.1) is 20.2 Å². The van der Waals surface area contributed by atoms with E-state index in [1.807, 2.05) is 0 Å². The predicted octanol–water partition coefficient (Wildman–Crippen LogP) is 3.63. The molecule has 13 heteroatoms. The molecule has 0 unspecified atom stereocenters. The van der Waals surface area contributed by atoms with Crippen LogP contribution in [-0.2, 0) is 22.7 Å². The van der Waals surface area contributed by atoms with E-state index in [2.05, 4.69) is 4.98 Å². The first-order chi connectivity index (χ1) is 17.2. The Labute approximate surface area is 203 Å². The number of nitrogens with zero attached hydrogens (tertiary/aromatic N) is 3. The smallest absolute Gasteiger partial charge is 0.357 e. The number of aromatic nitrogens is 1. The maximum atomic E-state index is 12.5. The lowest BCUT2D eigenvalue weighted by Crippen LogP contribution is -2.13. The van der Waals surface area contributed by atoms with Crippen molar-refractivity contribution in [1.29, 1.82) is 0 Å². The van der Waals surface area contributed by atoms with E-state index in [1.54, 1.807) is 0 Å². The summed E-state index contributed by atoms with van der Waals surface area (Å²) < 4.78 is 20.6. The van der Waals surface area contributed by atoms with E-state index in [0.29, 0.717) is 0 Å². The number of ether oxygens (including phenoxy) is 4. The largest absolute Gasteiger partial charge is 0.496 e. The van der Waals surface area contributed by atoms with Crippen LogP contribution >= 0.6 is 0 Å². The molecule has 0 spiro atoms. The van der Waals surface area contributed by atoms with Crippen LogP contribution < -0.4 is 9.47 Å². The Balaban J connectivity index is 1.69. The maximum Gasteiger partial charge on any atom is 0.357 e. The lowest BCUT2D eigenvalue weighted by Gasteiger charge is -2.10. The molecule has 0 aliphatic rings. The molecule has 1 heterocycles. The Morgan fingerprint density at radius 2 is 1.17 bits per heavy atom. The molecule has 0 fully saturated rings. The van der Waals surface area contributed by atoms with E-state index in [4.69, 9.17) is 18.9 Å². The average Bonchev–Trinajstić information content (AvgIpc) is 2.89. The highest BCUT2D eigenvalue weighted by Gasteiger charge is 2.18. The van der Waals surface area contributed by atoms with E-state index in [-0.39, 0.29) is 58.6 Å². The normalized spacial score (nSPS) is 10.3. The molecule has 2 aromatic carbocycles. The molecule has 0 amide bonds. The Hall–Kier alpha value is -5.07. The number of carbonyl (C=O) groups excluding carboxylic acids is 2.